The van der Waals surface area contributed by atoms with E-state index >= 15 is 0 Å². The standard InChI is InChI=1S/C13H19BrN2O4S/c1-8-6-16(7-9(2)20-8)21(17,18)13-5-11(15)10(14)4-12(13)19-3/h4-5,8-9H,6-7,15H2,1-3H3. The molecule has 1 aliphatic heterocycles. The van der Waals surface area contributed by atoms with Crippen LogP contribution < -0.4 is 10.5 Å². The predicted molar refractivity (Wildman–Crippen MR) is 83.9 cm³/mol. The second-order valence-electron chi connectivity index (χ2n) is 5.10. The van der Waals surface area contributed by atoms with Crippen LogP contribution in [0.4, 0.5) is 5.69 Å². The van der Waals surface area contributed by atoms with E-state index in [1.807, 2.05) is 13.8 Å². The number of hydrogen-bond acceptors (Lipinski definition) is 5. The number of rotatable bonds is 3. The van der Waals surface area contributed by atoms with Gasteiger partial charge in [-0.1, -0.05) is 0 Å². The largest absolute Gasteiger partial charge is 0.495 e. The highest BCUT2D eigenvalue weighted by Gasteiger charge is 2.34. The van der Waals surface area contributed by atoms with Gasteiger partial charge in [0.25, 0.3) is 0 Å². The van der Waals surface area contributed by atoms with E-state index in [9.17, 15) is 8.42 Å². The number of morpholine rings is 1. The van der Waals surface area contributed by atoms with Gasteiger partial charge in [0.1, 0.15) is 10.6 Å². The second-order valence-corrected chi connectivity index (χ2v) is 7.86. The Balaban J connectivity index is 2.46. The summed E-state index contributed by atoms with van der Waals surface area (Å²) in [5.74, 6) is 0.267. The molecule has 6 nitrogen and oxygen atoms in total. The lowest BCUT2D eigenvalue weighted by molar-refractivity contribution is -0.0441. The van der Waals surface area contributed by atoms with Gasteiger partial charge in [0.05, 0.1) is 19.3 Å². The fourth-order valence-electron chi connectivity index (χ4n) is 2.38. The molecule has 1 heterocycles. The maximum Gasteiger partial charge on any atom is 0.247 e. The molecule has 1 aliphatic rings. The number of halogens is 1. The summed E-state index contributed by atoms with van der Waals surface area (Å²) in [5, 5.41) is 0. The Morgan fingerprint density at radius 1 is 1.33 bits per heavy atom. The molecule has 0 spiro atoms. The summed E-state index contributed by atoms with van der Waals surface area (Å²) >= 11 is 3.27. The minimum absolute atomic E-state index is 0.0759. The van der Waals surface area contributed by atoms with Gasteiger partial charge in [-0.05, 0) is 41.9 Å². The first-order valence-corrected chi connectivity index (χ1v) is 8.77. The molecule has 0 radical (unpaired) electrons. The van der Waals surface area contributed by atoms with E-state index in [1.165, 1.54) is 17.5 Å². The van der Waals surface area contributed by atoms with Gasteiger partial charge in [-0.3, -0.25) is 0 Å². The topological polar surface area (TPSA) is 81.9 Å². The van der Waals surface area contributed by atoms with Gasteiger partial charge in [0, 0.05) is 23.2 Å². The van der Waals surface area contributed by atoms with Crippen LogP contribution in [0.25, 0.3) is 0 Å². The molecule has 2 atom stereocenters. The number of nitrogens with zero attached hydrogens (tertiary/aromatic N) is 1. The van der Waals surface area contributed by atoms with Crippen LogP contribution >= 0.6 is 15.9 Å². The van der Waals surface area contributed by atoms with Gasteiger partial charge in [-0.2, -0.15) is 4.31 Å². The number of ether oxygens (including phenoxy) is 2. The van der Waals surface area contributed by atoms with Gasteiger partial charge in [-0.25, -0.2) is 8.42 Å². The van der Waals surface area contributed by atoms with Crippen LogP contribution in [-0.2, 0) is 14.8 Å². The molecule has 2 rings (SSSR count). The van der Waals surface area contributed by atoms with Crippen molar-refractivity contribution < 1.29 is 17.9 Å². The van der Waals surface area contributed by atoms with Crippen molar-refractivity contribution in [2.24, 2.45) is 0 Å². The number of hydrogen-bond donors (Lipinski definition) is 1. The summed E-state index contributed by atoms with van der Waals surface area (Å²) in [6.45, 7) is 4.33. The third kappa shape index (κ3) is 3.33. The molecule has 0 aliphatic carbocycles. The molecule has 8 heteroatoms. The molecule has 21 heavy (non-hydrogen) atoms. The Labute approximate surface area is 133 Å². The number of sulfonamides is 1. The normalized spacial score (nSPS) is 24.0. The van der Waals surface area contributed by atoms with E-state index in [0.717, 1.165) is 0 Å². The lowest BCUT2D eigenvalue weighted by Crippen LogP contribution is -2.48. The van der Waals surface area contributed by atoms with Gasteiger partial charge >= 0.3 is 0 Å². The maximum absolute atomic E-state index is 12.8. The van der Waals surface area contributed by atoms with Crippen molar-refractivity contribution in [3.05, 3.63) is 16.6 Å². The quantitative estimate of drug-likeness (QED) is 0.811. The van der Waals surface area contributed by atoms with Crippen molar-refractivity contribution in [1.82, 2.24) is 4.31 Å². The lowest BCUT2D eigenvalue weighted by atomic mass is 10.3. The van der Waals surface area contributed by atoms with Gasteiger partial charge in [0.2, 0.25) is 10.0 Å². The highest BCUT2D eigenvalue weighted by molar-refractivity contribution is 9.10. The summed E-state index contributed by atoms with van der Waals surface area (Å²) in [5.41, 5.74) is 6.17. The molecular weight excluding hydrogens is 360 g/mol. The molecule has 2 unspecified atom stereocenters. The van der Waals surface area contributed by atoms with Crippen LogP contribution in [0.2, 0.25) is 0 Å². The number of nitrogens with two attached hydrogens (primary N) is 1. The van der Waals surface area contributed by atoms with Crippen LogP contribution in [0.3, 0.4) is 0 Å². The zero-order chi connectivity index (χ0) is 15.8. The molecule has 2 N–H and O–H groups in total. The van der Waals surface area contributed by atoms with Crippen molar-refractivity contribution >= 4 is 31.6 Å². The van der Waals surface area contributed by atoms with Gasteiger partial charge in [0.15, 0.2) is 0 Å². The van der Waals surface area contributed by atoms with E-state index in [4.69, 9.17) is 15.2 Å². The molecule has 1 aromatic rings. The minimum atomic E-state index is -3.68. The van der Waals surface area contributed by atoms with Crippen LogP contribution in [0.1, 0.15) is 13.8 Å². The fraction of sp³-hybridized carbons (Fsp3) is 0.538. The average molecular weight is 379 g/mol. The van der Waals surface area contributed by atoms with Crippen molar-refractivity contribution in [2.45, 2.75) is 31.0 Å². The van der Waals surface area contributed by atoms with Crippen LogP contribution in [0, 0.1) is 0 Å². The molecule has 0 saturated carbocycles. The minimum Gasteiger partial charge on any atom is -0.495 e. The third-order valence-corrected chi connectivity index (χ3v) is 5.83. The summed E-state index contributed by atoms with van der Waals surface area (Å²) in [7, 11) is -2.25. The maximum atomic E-state index is 12.8. The van der Waals surface area contributed by atoms with Gasteiger partial charge in [-0.15, -0.1) is 0 Å². The SMILES string of the molecule is COc1cc(Br)c(N)cc1S(=O)(=O)N1CC(C)OC(C)C1. The first-order chi connectivity index (χ1) is 9.75. The lowest BCUT2D eigenvalue weighted by Gasteiger charge is -2.34. The Morgan fingerprint density at radius 2 is 1.90 bits per heavy atom. The monoisotopic (exact) mass is 378 g/mol. The number of benzene rings is 1. The summed E-state index contributed by atoms with van der Waals surface area (Å²) in [6, 6.07) is 2.98. The van der Waals surface area contributed by atoms with Crippen molar-refractivity contribution in [3.8, 4) is 5.75 Å². The first kappa shape index (κ1) is 16.5. The number of nitrogen functional groups attached to an aromatic ring is 1. The van der Waals surface area contributed by atoms with E-state index in [0.29, 0.717) is 23.2 Å². The van der Waals surface area contributed by atoms with E-state index in [2.05, 4.69) is 15.9 Å². The Hall–Kier alpha value is -0.830. The first-order valence-electron chi connectivity index (χ1n) is 6.54. The van der Waals surface area contributed by atoms with E-state index in [-0.39, 0.29) is 22.9 Å². The molecule has 1 fully saturated rings. The third-order valence-electron chi connectivity index (χ3n) is 3.29. The molecule has 0 bridgehead atoms. The number of methoxy groups -OCH3 is 1. The zero-order valence-corrected chi connectivity index (χ0v) is 14.6. The van der Waals surface area contributed by atoms with E-state index < -0.39 is 10.0 Å². The number of anilines is 1. The van der Waals surface area contributed by atoms with E-state index in [1.54, 1.807) is 6.07 Å². The zero-order valence-electron chi connectivity index (χ0n) is 12.2. The smallest absolute Gasteiger partial charge is 0.247 e. The molecule has 0 amide bonds. The Kier molecular flexibility index (Phi) is 4.82. The summed E-state index contributed by atoms with van der Waals surface area (Å²) in [6.07, 6.45) is -0.301. The molecule has 1 aromatic carbocycles. The van der Waals surface area contributed by atoms with Gasteiger partial charge < -0.3 is 15.2 Å². The fourth-order valence-corrected chi connectivity index (χ4v) is 4.46. The molecule has 0 aromatic heterocycles. The molecule has 1 saturated heterocycles. The average Bonchev–Trinajstić information content (AvgIpc) is 2.40. The highest BCUT2D eigenvalue weighted by atomic mass is 79.9. The van der Waals surface area contributed by atoms with Crippen LogP contribution in [0.5, 0.6) is 5.75 Å². The van der Waals surface area contributed by atoms with Crippen molar-refractivity contribution in [1.29, 1.82) is 0 Å². The highest BCUT2D eigenvalue weighted by Crippen LogP contribution is 2.34. The molecular formula is C13H19BrN2O4S. The van der Waals surface area contributed by atoms with Crippen molar-refractivity contribution in [3.63, 3.8) is 0 Å². The Morgan fingerprint density at radius 3 is 2.43 bits per heavy atom. The predicted octanol–water partition coefficient (Wildman–Crippen LogP) is 1.84. The molecule has 118 valence electrons. The summed E-state index contributed by atoms with van der Waals surface area (Å²) < 4.78 is 38.5. The summed E-state index contributed by atoms with van der Waals surface area (Å²) in [4.78, 5) is 0.0759. The van der Waals surface area contributed by atoms with Crippen LogP contribution in [-0.4, -0.2) is 45.1 Å². The Bertz CT molecular complexity index is 625. The second kappa shape index (κ2) is 6.12. The van der Waals surface area contributed by atoms with Crippen molar-refractivity contribution in [2.75, 3.05) is 25.9 Å². The van der Waals surface area contributed by atoms with Crippen LogP contribution in [0.15, 0.2) is 21.5 Å².